The third kappa shape index (κ3) is 11.2. The van der Waals surface area contributed by atoms with Crippen molar-refractivity contribution in [3.8, 4) is 28.1 Å². The van der Waals surface area contributed by atoms with E-state index < -0.39 is 51.5 Å². The number of likely N-dealkylation sites (N-methyl/N-ethyl adjacent to an activating group) is 1. The van der Waals surface area contributed by atoms with Gasteiger partial charge in [-0.1, -0.05) is 24.3 Å². The van der Waals surface area contributed by atoms with Gasteiger partial charge >= 0.3 is 0 Å². The van der Waals surface area contributed by atoms with E-state index in [1.165, 1.54) is 29.7 Å². The molecule has 3 N–H and O–H groups in total. The smallest absolute Gasteiger partial charge is 0.266 e. The fraction of sp³-hybridized carbons (Fsp3) is 0.385. The summed E-state index contributed by atoms with van der Waals surface area (Å²) in [6, 6.07) is 15.0. The zero-order chi connectivity index (χ0) is 53.3. The van der Waals surface area contributed by atoms with Crippen molar-refractivity contribution in [2.24, 2.45) is 11.8 Å². The minimum Gasteiger partial charge on any atom is -0.483 e. The molecule has 392 valence electrons. The van der Waals surface area contributed by atoms with Gasteiger partial charge < -0.3 is 30.1 Å². The van der Waals surface area contributed by atoms with E-state index in [-0.39, 0.29) is 66.8 Å². The van der Waals surface area contributed by atoms with Crippen molar-refractivity contribution < 1.29 is 51.5 Å². The summed E-state index contributed by atoms with van der Waals surface area (Å²) in [5, 5.41) is 9.59. The molecule has 3 saturated heterocycles. The van der Waals surface area contributed by atoms with E-state index >= 15 is 0 Å². The number of fused-ring (bicyclic) bond motifs is 1. The van der Waals surface area contributed by atoms with Crippen molar-refractivity contribution in [3.63, 3.8) is 0 Å². The second-order valence-electron chi connectivity index (χ2n) is 19.3. The molecule has 3 fully saturated rings. The Morgan fingerprint density at radius 1 is 0.853 bits per heavy atom. The zero-order valence-corrected chi connectivity index (χ0v) is 43.4. The highest BCUT2D eigenvalue weighted by Gasteiger charge is 2.46. The Labute approximate surface area is 436 Å². The van der Waals surface area contributed by atoms with Crippen LogP contribution in [0.3, 0.4) is 0 Å². The highest BCUT2D eigenvalue weighted by molar-refractivity contribution is 7.89. The molecule has 3 aromatic heterocycles. The van der Waals surface area contributed by atoms with E-state index in [9.17, 15) is 46.8 Å². The number of anilines is 2. The van der Waals surface area contributed by atoms with Gasteiger partial charge in [0, 0.05) is 68.7 Å². The van der Waals surface area contributed by atoms with Gasteiger partial charge in [0.15, 0.2) is 11.7 Å². The summed E-state index contributed by atoms with van der Waals surface area (Å²) in [4.78, 5) is 119. The number of benzene rings is 2. The highest BCUT2D eigenvalue weighted by atomic mass is 32.2. The number of ether oxygens (including phenoxy) is 1. The molecule has 0 bridgehead atoms. The number of aromatic nitrogens is 3. The van der Waals surface area contributed by atoms with Gasteiger partial charge in [-0.05, 0) is 105 Å². The normalized spacial score (nSPS) is 17.4. The number of likely N-dealkylation sites (tertiary alicyclic amines) is 2. The summed E-state index contributed by atoms with van der Waals surface area (Å²) in [5.74, 6) is -2.30. The molecule has 4 aliphatic rings. The lowest BCUT2D eigenvalue weighted by molar-refractivity contribution is -0.136. The number of hydrogen-bond acceptors (Lipinski definition) is 15. The van der Waals surface area contributed by atoms with Crippen LogP contribution >= 0.6 is 11.3 Å². The van der Waals surface area contributed by atoms with E-state index in [1.54, 1.807) is 31.0 Å². The number of pyridine rings is 1. The fourth-order valence-corrected chi connectivity index (χ4v) is 11.9. The Bertz CT molecular complexity index is 3250. The summed E-state index contributed by atoms with van der Waals surface area (Å²) in [6.07, 6.45) is 7.38. The van der Waals surface area contributed by atoms with Crippen molar-refractivity contribution in [1.82, 2.24) is 39.3 Å². The maximum atomic E-state index is 13.6. The third-order valence-corrected chi connectivity index (χ3v) is 16.4. The summed E-state index contributed by atoms with van der Waals surface area (Å²) in [5.41, 5.74) is 4.36. The fourth-order valence-electron chi connectivity index (χ4n) is 10.3. The van der Waals surface area contributed by atoms with Crippen LogP contribution in [0.1, 0.15) is 80.9 Å². The highest BCUT2D eigenvalue weighted by Crippen LogP contribution is 2.36. The standard InChI is InChI=1S/C52H56N10O11S2/c1-30-31(2)61(75(4,71)72)26-38(30)48(67)54-25-44(64)57-52-55-39(29-74-52)36-8-5-7-34(23-36)35-13-18-53-42(24-35)58(3)27-45(65)59-19-14-32(15-20-59)33-16-21-60(22-17-33)46(66)28-73-41-10-6-9-37-47(41)51(70)62(50(37)69)40-11-12-43(63)56-49(40)68/h5-10,13,18,23-24,26,29,32-33,40H,11-12,14-17,19-22,25,27-28H2,1-4H3,(H,54,67)(H,55,57,64)(H,56,63,68). The molecular formula is C52H56N10O11S2. The summed E-state index contributed by atoms with van der Waals surface area (Å²) in [7, 11) is -1.76. The molecule has 1 unspecified atom stereocenters. The maximum Gasteiger partial charge on any atom is 0.266 e. The molecule has 0 spiro atoms. The monoisotopic (exact) mass is 1060 g/mol. The van der Waals surface area contributed by atoms with E-state index in [2.05, 4.69) is 25.9 Å². The van der Waals surface area contributed by atoms with Gasteiger partial charge in [0.2, 0.25) is 33.7 Å². The maximum absolute atomic E-state index is 13.6. The Balaban J connectivity index is 0.713. The number of hydrogen-bond donors (Lipinski definition) is 3. The van der Waals surface area contributed by atoms with Crippen LogP contribution < -0.4 is 25.6 Å². The van der Waals surface area contributed by atoms with Gasteiger partial charge in [-0.2, -0.15) is 0 Å². The molecular weight excluding hydrogens is 1000 g/mol. The second kappa shape index (κ2) is 21.6. The minimum atomic E-state index is -3.60. The van der Waals surface area contributed by atoms with Crippen molar-refractivity contribution in [1.29, 1.82) is 0 Å². The average molecular weight is 1060 g/mol. The molecule has 1 atom stereocenters. The lowest BCUT2D eigenvalue weighted by Gasteiger charge is -2.40. The van der Waals surface area contributed by atoms with Crippen molar-refractivity contribution in [2.75, 3.05) is 69.4 Å². The number of nitrogens with one attached hydrogen (secondary N) is 3. The van der Waals surface area contributed by atoms with Gasteiger partial charge in [-0.3, -0.25) is 48.6 Å². The molecule has 7 heterocycles. The molecule has 5 aromatic rings. The first-order chi connectivity index (χ1) is 35.8. The quantitative estimate of drug-likeness (QED) is 0.126. The molecule has 23 heteroatoms. The van der Waals surface area contributed by atoms with Gasteiger partial charge in [0.25, 0.3) is 23.6 Å². The lowest BCUT2D eigenvalue weighted by atomic mass is 9.79. The first-order valence-corrected chi connectivity index (χ1v) is 27.3. The van der Waals surface area contributed by atoms with Crippen LogP contribution in [0.15, 0.2) is 72.4 Å². The predicted molar refractivity (Wildman–Crippen MR) is 276 cm³/mol. The Kier molecular flexibility index (Phi) is 15.0. The number of imide groups is 2. The summed E-state index contributed by atoms with van der Waals surface area (Å²) < 4.78 is 31.1. The SMILES string of the molecule is Cc1c(C(=O)NCC(=O)Nc2nc(-c3cccc(-c4ccnc(N(C)CC(=O)N5CCC(C6CCN(C(=O)COc7cccc8c7C(=O)N(C7CCC(=O)NC7=O)C8=O)CC6)CC5)c4)c3)cs2)cn(S(C)(=O)=O)c1C. The average Bonchev–Trinajstić information content (AvgIpc) is 4.08. The molecule has 4 aliphatic heterocycles. The van der Waals surface area contributed by atoms with Crippen LogP contribution in [0, 0.1) is 25.7 Å². The lowest BCUT2D eigenvalue weighted by Crippen LogP contribution is -2.54. The molecule has 75 heavy (non-hydrogen) atoms. The van der Waals surface area contributed by atoms with Crippen LogP contribution in [0.4, 0.5) is 10.9 Å². The van der Waals surface area contributed by atoms with Crippen LogP contribution in [0.2, 0.25) is 0 Å². The molecule has 9 rings (SSSR count). The Morgan fingerprint density at radius 3 is 2.20 bits per heavy atom. The van der Waals surface area contributed by atoms with Crippen molar-refractivity contribution in [2.45, 2.75) is 58.4 Å². The van der Waals surface area contributed by atoms with Gasteiger partial charge in [-0.15, -0.1) is 11.3 Å². The number of rotatable bonds is 15. The van der Waals surface area contributed by atoms with Crippen LogP contribution in [0.25, 0.3) is 22.4 Å². The largest absolute Gasteiger partial charge is 0.483 e. The molecule has 21 nitrogen and oxygen atoms in total. The van der Waals surface area contributed by atoms with E-state index in [0.717, 1.165) is 57.5 Å². The molecule has 2 aromatic carbocycles. The first-order valence-electron chi connectivity index (χ1n) is 24.6. The van der Waals surface area contributed by atoms with Crippen LogP contribution in [0.5, 0.6) is 5.75 Å². The zero-order valence-electron chi connectivity index (χ0n) is 41.8. The van der Waals surface area contributed by atoms with E-state index in [4.69, 9.17) is 4.74 Å². The summed E-state index contributed by atoms with van der Waals surface area (Å²) >= 11 is 1.23. The number of carbonyl (C=O) groups is 8. The van der Waals surface area contributed by atoms with Gasteiger partial charge in [-0.25, -0.2) is 22.4 Å². The second-order valence-corrected chi connectivity index (χ2v) is 22.0. The van der Waals surface area contributed by atoms with Crippen LogP contribution in [-0.2, 0) is 34.0 Å². The van der Waals surface area contributed by atoms with Crippen molar-refractivity contribution in [3.05, 3.63) is 100 Å². The number of nitrogens with zero attached hydrogens (tertiary/aromatic N) is 7. The molecule has 0 radical (unpaired) electrons. The van der Waals surface area contributed by atoms with E-state index in [1.807, 2.05) is 58.6 Å². The van der Waals surface area contributed by atoms with E-state index in [0.29, 0.717) is 65.9 Å². The Hall–Kier alpha value is -7.79. The molecule has 8 amide bonds. The minimum absolute atomic E-state index is 0.00407. The molecule has 0 aliphatic carbocycles. The first kappa shape index (κ1) is 52.1. The van der Waals surface area contributed by atoms with Gasteiger partial charge in [0.1, 0.15) is 17.6 Å². The number of piperidine rings is 3. The predicted octanol–water partition coefficient (Wildman–Crippen LogP) is 3.86. The molecule has 0 saturated carbocycles. The van der Waals surface area contributed by atoms with Gasteiger partial charge in [0.05, 0.1) is 41.7 Å². The number of carbonyl (C=O) groups excluding carboxylic acids is 8. The van der Waals surface area contributed by atoms with Crippen molar-refractivity contribution >= 4 is 79.6 Å². The Morgan fingerprint density at radius 2 is 1.52 bits per heavy atom. The number of amides is 8. The summed E-state index contributed by atoms with van der Waals surface area (Å²) in [6.45, 7) is 5.08. The third-order valence-electron chi connectivity index (χ3n) is 14.5. The van der Waals surface area contributed by atoms with Crippen LogP contribution in [-0.4, -0.2) is 150 Å². The number of thiazole rings is 1. The topological polar surface area (TPSA) is 260 Å².